The molecule has 0 unspecified atom stereocenters. The lowest BCUT2D eigenvalue weighted by Gasteiger charge is -2.13. The van der Waals surface area contributed by atoms with Crippen LogP contribution in [0.15, 0.2) is 48.5 Å². The van der Waals surface area contributed by atoms with Gasteiger partial charge < -0.3 is 4.74 Å². The minimum Gasteiger partial charge on any atom is -0.481 e. The maximum Gasteiger partial charge on any atom is 0.266 e. The molecule has 128 valence electrons. The molecule has 3 aromatic rings. The second kappa shape index (κ2) is 7.35. The van der Waals surface area contributed by atoms with Crippen molar-refractivity contribution in [2.75, 3.05) is 5.32 Å². The predicted octanol–water partition coefficient (Wildman–Crippen LogP) is 3.89. The van der Waals surface area contributed by atoms with Crippen LogP contribution in [0.5, 0.6) is 5.75 Å². The van der Waals surface area contributed by atoms with Gasteiger partial charge in [-0.15, -0.1) is 0 Å². The smallest absolute Gasteiger partial charge is 0.266 e. The fourth-order valence-electron chi connectivity index (χ4n) is 1.97. The van der Waals surface area contributed by atoms with E-state index in [1.54, 1.807) is 19.1 Å². The molecule has 0 fully saturated rings. The van der Waals surface area contributed by atoms with Crippen LogP contribution < -0.4 is 10.1 Å². The summed E-state index contributed by atoms with van der Waals surface area (Å²) in [5.74, 6) is -0.363. The van der Waals surface area contributed by atoms with Crippen molar-refractivity contribution in [2.45, 2.75) is 13.0 Å². The molecule has 1 aromatic heterocycles. The van der Waals surface area contributed by atoms with Crippen molar-refractivity contribution in [1.82, 2.24) is 9.36 Å². The predicted molar refractivity (Wildman–Crippen MR) is 90.4 cm³/mol. The van der Waals surface area contributed by atoms with Gasteiger partial charge in [0.2, 0.25) is 5.13 Å². The molecular weight excluding hydrogens is 348 g/mol. The highest BCUT2D eigenvalue weighted by Crippen LogP contribution is 2.22. The molecular formula is C17H13F2N3O2S. The summed E-state index contributed by atoms with van der Waals surface area (Å²) < 4.78 is 35.4. The second-order valence-corrected chi connectivity index (χ2v) is 5.89. The van der Waals surface area contributed by atoms with E-state index in [9.17, 15) is 13.6 Å². The Hall–Kier alpha value is -2.87. The molecule has 1 amide bonds. The Labute approximate surface area is 146 Å². The zero-order chi connectivity index (χ0) is 17.8. The quantitative estimate of drug-likeness (QED) is 0.749. The molecule has 0 aliphatic carbocycles. The standard InChI is InChI=1S/C17H13F2N3O2S/c1-10(24-14-8-6-13(19)7-9-14)16(23)21-17-20-15(22-25-17)11-2-4-12(18)5-3-11/h2-10H,1H3,(H,20,21,22,23)/t10-/m0/s1. The number of carbonyl (C=O) groups excluding carboxylic acids is 1. The average molecular weight is 361 g/mol. The van der Waals surface area contributed by atoms with Crippen molar-refractivity contribution in [3.63, 3.8) is 0 Å². The molecule has 0 aliphatic rings. The number of aromatic nitrogens is 2. The number of carbonyl (C=O) groups is 1. The van der Waals surface area contributed by atoms with E-state index in [1.807, 2.05) is 0 Å². The number of halogens is 2. The minimum absolute atomic E-state index is 0.305. The lowest BCUT2D eigenvalue weighted by atomic mass is 10.2. The topological polar surface area (TPSA) is 64.1 Å². The molecule has 0 spiro atoms. The summed E-state index contributed by atoms with van der Waals surface area (Å²) in [7, 11) is 0. The van der Waals surface area contributed by atoms with E-state index in [4.69, 9.17) is 4.74 Å². The highest BCUT2D eigenvalue weighted by atomic mass is 32.1. The highest BCUT2D eigenvalue weighted by Gasteiger charge is 2.17. The Kier molecular flexibility index (Phi) is 4.99. The Morgan fingerprint density at radius 1 is 1.08 bits per heavy atom. The zero-order valence-corrected chi connectivity index (χ0v) is 13.9. The number of anilines is 1. The number of amides is 1. The van der Waals surface area contributed by atoms with Gasteiger partial charge in [-0.2, -0.15) is 9.36 Å². The van der Waals surface area contributed by atoms with Gasteiger partial charge in [0.05, 0.1) is 0 Å². The summed E-state index contributed by atoms with van der Waals surface area (Å²) in [5.41, 5.74) is 0.647. The first kappa shape index (κ1) is 17.0. The van der Waals surface area contributed by atoms with Gasteiger partial charge >= 0.3 is 0 Å². The summed E-state index contributed by atoms with van der Waals surface area (Å²) in [5, 5.41) is 2.91. The van der Waals surface area contributed by atoms with E-state index in [-0.39, 0.29) is 11.6 Å². The number of nitrogens with one attached hydrogen (secondary N) is 1. The molecule has 1 heterocycles. The average Bonchev–Trinajstić information content (AvgIpc) is 3.06. The number of ether oxygens (including phenoxy) is 1. The molecule has 0 saturated carbocycles. The number of nitrogens with zero attached hydrogens (tertiary/aromatic N) is 2. The zero-order valence-electron chi connectivity index (χ0n) is 13.1. The van der Waals surface area contributed by atoms with Crippen LogP contribution in [-0.4, -0.2) is 21.4 Å². The number of benzene rings is 2. The summed E-state index contributed by atoms with van der Waals surface area (Å²) in [4.78, 5) is 16.4. The van der Waals surface area contributed by atoms with Crippen LogP contribution in [0.3, 0.4) is 0 Å². The molecule has 1 N–H and O–H groups in total. The van der Waals surface area contributed by atoms with E-state index in [1.165, 1.54) is 36.4 Å². The Balaban J connectivity index is 1.62. The third kappa shape index (κ3) is 4.36. The minimum atomic E-state index is -0.802. The molecule has 2 aromatic carbocycles. The first-order valence-corrected chi connectivity index (χ1v) is 8.11. The molecule has 3 rings (SSSR count). The molecule has 0 radical (unpaired) electrons. The summed E-state index contributed by atoms with van der Waals surface area (Å²) in [6.07, 6.45) is -0.802. The summed E-state index contributed by atoms with van der Waals surface area (Å²) in [6, 6.07) is 11.1. The van der Waals surface area contributed by atoms with Gasteiger partial charge in [-0.05, 0) is 55.5 Å². The van der Waals surface area contributed by atoms with Crippen LogP contribution >= 0.6 is 11.5 Å². The van der Waals surface area contributed by atoms with Gasteiger partial charge in [0.25, 0.3) is 5.91 Å². The lowest BCUT2D eigenvalue weighted by molar-refractivity contribution is -0.122. The van der Waals surface area contributed by atoms with Crippen molar-refractivity contribution >= 4 is 22.6 Å². The van der Waals surface area contributed by atoms with Gasteiger partial charge in [0.1, 0.15) is 17.4 Å². The first-order chi connectivity index (χ1) is 12.0. The molecule has 0 saturated heterocycles. The number of hydrogen-bond donors (Lipinski definition) is 1. The van der Waals surface area contributed by atoms with Crippen molar-refractivity contribution in [1.29, 1.82) is 0 Å². The third-order valence-electron chi connectivity index (χ3n) is 3.25. The lowest BCUT2D eigenvalue weighted by Crippen LogP contribution is -2.30. The normalized spacial score (nSPS) is 11.8. The maximum atomic E-state index is 12.9. The molecule has 0 bridgehead atoms. The molecule has 25 heavy (non-hydrogen) atoms. The van der Waals surface area contributed by atoms with Crippen molar-refractivity contribution in [2.24, 2.45) is 0 Å². The van der Waals surface area contributed by atoms with Crippen molar-refractivity contribution in [3.8, 4) is 17.1 Å². The van der Waals surface area contributed by atoms with Crippen LogP contribution in [0, 0.1) is 11.6 Å². The Bertz CT molecular complexity index is 866. The molecule has 0 aliphatic heterocycles. The van der Waals surface area contributed by atoms with E-state index in [0.717, 1.165) is 11.5 Å². The monoisotopic (exact) mass is 361 g/mol. The highest BCUT2D eigenvalue weighted by molar-refractivity contribution is 7.10. The van der Waals surface area contributed by atoms with Gasteiger partial charge in [0.15, 0.2) is 11.9 Å². The first-order valence-electron chi connectivity index (χ1n) is 7.34. The van der Waals surface area contributed by atoms with Crippen LogP contribution in [0.1, 0.15) is 6.92 Å². The fraction of sp³-hybridized carbons (Fsp3) is 0.118. The van der Waals surface area contributed by atoms with Crippen molar-refractivity contribution in [3.05, 3.63) is 60.2 Å². The summed E-state index contributed by atoms with van der Waals surface area (Å²) in [6.45, 7) is 1.57. The number of hydrogen-bond acceptors (Lipinski definition) is 5. The number of rotatable bonds is 5. The molecule has 1 atom stereocenters. The van der Waals surface area contributed by atoms with E-state index in [0.29, 0.717) is 22.3 Å². The molecule has 8 heteroatoms. The maximum absolute atomic E-state index is 12.9. The third-order valence-corrected chi connectivity index (χ3v) is 3.88. The van der Waals surface area contributed by atoms with Gasteiger partial charge in [-0.1, -0.05) is 0 Å². The molecule has 5 nitrogen and oxygen atoms in total. The van der Waals surface area contributed by atoms with E-state index in [2.05, 4.69) is 14.7 Å². The Morgan fingerprint density at radius 2 is 1.68 bits per heavy atom. The van der Waals surface area contributed by atoms with Crippen LogP contribution in [0.2, 0.25) is 0 Å². The van der Waals surface area contributed by atoms with Crippen LogP contribution in [0.4, 0.5) is 13.9 Å². The van der Waals surface area contributed by atoms with Crippen LogP contribution in [-0.2, 0) is 4.79 Å². The SMILES string of the molecule is C[C@H](Oc1ccc(F)cc1)C(=O)Nc1nc(-c2ccc(F)cc2)ns1. The van der Waals surface area contributed by atoms with Crippen LogP contribution in [0.25, 0.3) is 11.4 Å². The van der Waals surface area contributed by atoms with Gasteiger partial charge in [-0.3, -0.25) is 10.1 Å². The Morgan fingerprint density at radius 3 is 2.32 bits per heavy atom. The van der Waals surface area contributed by atoms with E-state index >= 15 is 0 Å². The van der Waals surface area contributed by atoms with Crippen molar-refractivity contribution < 1.29 is 18.3 Å². The fourth-order valence-corrected chi connectivity index (χ4v) is 2.56. The second-order valence-electron chi connectivity index (χ2n) is 5.13. The summed E-state index contributed by atoms with van der Waals surface area (Å²) >= 11 is 1.01. The largest absolute Gasteiger partial charge is 0.481 e. The van der Waals surface area contributed by atoms with Gasteiger partial charge in [-0.25, -0.2) is 8.78 Å². The van der Waals surface area contributed by atoms with Gasteiger partial charge in [0, 0.05) is 17.1 Å². The van der Waals surface area contributed by atoms with E-state index < -0.39 is 12.0 Å².